The summed E-state index contributed by atoms with van der Waals surface area (Å²) in [4.78, 5) is 0. The largest absolute Gasteiger partial charge is 0.496 e. The first-order valence-electron chi connectivity index (χ1n) is 8.44. The van der Waals surface area contributed by atoms with E-state index in [0.717, 1.165) is 17.7 Å². The van der Waals surface area contributed by atoms with Crippen molar-refractivity contribution in [3.05, 3.63) is 53.1 Å². The van der Waals surface area contributed by atoms with Crippen LogP contribution < -0.4 is 4.74 Å². The Morgan fingerprint density at radius 2 is 2.09 bits per heavy atom. The van der Waals surface area contributed by atoms with Crippen LogP contribution in [0, 0.1) is 12.8 Å². The molecule has 0 fully saturated rings. The molecule has 2 rings (SSSR count). The minimum atomic E-state index is 0.638. The summed E-state index contributed by atoms with van der Waals surface area (Å²) >= 11 is 0. The fraction of sp³-hybridized carbons (Fsp3) is 0.524. The maximum absolute atomic E-state index is 5.53. The van der Waals surface area contributed by atoms with Gasteiger partial charge in [0, 0.05) is 0 Å². The maximum Gasteiger partial charge on any atom is 0.122 e. The third-order valence-corrected chi connectivity index (χ3v) is 5.04. The van der Waals surface area contributed by atoms with Gasteiger partial charge in [0.1, 0.15) is 5.75 Å². The van der Waals surface area contributed by atoms with Gasteiger partial charge in [0.05, 0.1) is 7.11 Å². The van der Waals surface area contributed by atoms with E-state index in [9.17, 15) is 0 Å². The number of hydrogen-bond acceptors (Lipinski definition) is 1. The molecule has 0 aliphatic heterocycles. The van der Waals surface area contributed by atoms with E-state index in [1.54, 1.807) is 12.7 Å². The van der Waals surface area contributed by atoms with Crippen LogP contribution in [0.5, 0.6) is 5.75 Å². The van der Waals surface area contributed by atoms with Gasteiger partial charge in [0.25, 0.3) is 0 Å². The molecule has 1 aromatic carbocycles. The maximum atomic E-state index is 5.53. The van der Waals surface area contributed by atoms with Crippen molar-refractivity contribution in [1.82, 2.24) is 0 Å². The molecule has 0 unspecified atom stereocenters. The zero-order valence-electron chi connectivity index (χ0n) is 14.8. The average molecular weight is 298 g/mol. The number of fused-ring (bicyclic) bond motifs is 1. The molecule has 0 amide bonds. The Morgan fingerprint density at radius 1 is 1.36 bits per heavy atom. The van der Waals surface area contributed by atoms with Crippen molar-refractivity contribution in [3.63, 3.8) is 0 Å². The lowest BCUT2D eigenvalue weighted by Crippen LogP contribution is -2.19. The zero-order valence-corrected chi connectivity index (χ0v) is 14.8. The fourth-order valence-electron chi connectivity index (χ4n) is 3.67. The van der Waals surface area contributed by atoms with Gasteiger partial charge in [-0.25, -0.2) is 0 Å². The van der Waals surface area contributed by atoms with Crippen LogP contribution in [0.15, 0.2) is 36.4 Å². The molecule has 0 saturated carbocycles. The first-order valence-corrected chi connectivity index (χ1v) is 8.44. The van der Waals surface area contributed by atoms with Crippen molar-refractivity contribution in [2.24, 2.45) is 5.92 Å². The SMILES string of the molecule is C=C(C)/C=C/C[C@H](C)[C@H]1CC[C@H](C)c2cc(OC)c(C)cc21. The summed E-state index contributed by atoms with van der Waals surface area (Å²) < 4.78 is 5.53. The third-order valence-electron chi connectivity index (χ3n) is 5.04. The van der Waals surface area contributed by atoms with Crippen molar-refractivity contribution >= 4 is 0 Å². The third kappa shape index (κ3) is 3.63. The standard InChI is InChI=1S/C21H30O/c1-14(2)8-7-9-15(3)18-11-10-16(4)19-13-21(22-6)17(5)12-20(18)19/h7-8,12-13,15-16,18H,1,9-11H2,2-6H3/b8-7+/t15-,16-,18+/m0/s1. The van der Waals surface area contributed by atoms with Crippen molar-refractivity contribution in [1.29, 1.82) is 0 Å². The van der Waals surface area contributed by atoms with Crippen LogP contribution in [0.3, 0.4) is 0 Å². The Hall–Kier alpha value is -1.50. The first kappa shape index (κ1) is 16.9. The molecule has 1 heteroatoms. The second-order valence-corrected chi connectivity index (χ2v) is 7.00. The molecule has 1 aromatic rings. The topological polar surface area (TPSA) is 9.23 Å². The zero-order chi connectivity index (χ0) is 16.3. The van der Waals surface area contributed by atoms with Gasteiger partial charge in [-0.3, -0.25) is 0 Å². The molecular weight excluding hydrogens is 268 g/mol. The summed E-state index contributed by atoms with van der Waals surface area (Å²) in [6.07, 6.45) is 8.11. The summed E-state index contributed by atoms with van der Waals surface area (Å²) in [6.45, 7) is 12.9. The van der Waals surface area contributed by atoms with E-state index in [1.807, 2.05) is 6.92 Å². The molecule has 0 bridgehead atoms. The number of hydrogen-bond donors (Lipinski definition) is 0. The number of ether oxygens (including phenoxy) is 1. The molecule has 0 heterocycles. The van der Waals surface area contributed by atoms with E-state index < -0.39 is 0 Å². The van der Waals surface area contributed by atoms with Gasteiger partial charge in [-0.2, -0.15) is 0 Å². The van der Waals surface area contributed by atoms with Crippen LogP contribution >= 0.6 is 0 Å². The monoisotopic (exact) mass is 298 g/mol. The molecule has 0 spiro atoms. The number of methoxy groups -OCH3 is 1. The Labute approximate surface area is 136 Å². The molecule has 0 saturated heterocycles. The Bertz CT molecular complexity index is 568. The Morgan fingerprint density at radius 3 is 2.73 bits per heavy atom. The molecule has 1 aliphatic rings. The lowest BCUT2D eigenvalue weighted by atomic mass is 9.71. The van der Waals surface area contributed by atoms with Crippen LogP contribution in [0.25, 0.3) is 0 Å². The van der Waals surface area contributed by atoms with Gasteiger partial charge in [0.2, 0.25) is 0 Å². The predicted molar refractivity (Wildman–Crippen MR) is 95.9 cm³/mol. The van der Waals surface area contributed by atoms with Gasteiger partial charge in [0.15, 0.2) is 0 Å². The van der Waals surface area contributed by atoms with E-state index in [2.05, 4.69) is 51.6 Å². The lowest BCUT2D eigenvalue weighted by Gasteiger charge is -2.34. The average Bonchev–Trinajstić information content (AvgIpc) is 2.46. The minimum absolute atomic E-state index is 0.638. The van der Waals surface area contributed by atoms with Gasteiger partial charge in [-0.1, -0.05) is 44.2 Å². The van der Waals surface area contributed by atoms with Crippen LogP contribution in [0.2, 0.25) is 0 Å². The highest BCUT2D eigenvalue weighted by molar-refractivity contribution is 5.46. The number of benzene rings is 1. The molecule has 1 aliphatic carbocycles. The normalized spacial score (nSPS) is 22.4. The lowest BCUT2D eigenvalue weighted by molar-refractivity contribution is 0.382. The smallest absolute Gasteiger partial charge is 0.122 e. The van der Waals surface area contributed by atoms with Gasteiger partial charge >= 0.3 is 0 Å². The summed E-state index contributed by atoms with van der Waals surface area (Å²) in [5.41, 5.74) is 5.43. The highest BCUT2D eigenvalue weighted by atomic mass is 16.5. The summed E-state index contributed by atoms with van der Waals surface area (Å²) in [5, 5.41) is 0. The minimum Gasteiger partial charge on any atom is -0.496 e. The quantitative estimate of drug-likeness (QED) is 0.593. The molecule has 1 nitrogen and oxygen atoms in total. The van der Waals surface area contributed by atoms with Crippen molar-refractivity contribution in [2.45, 2.75) is 58.8 Å². The van der Waals surface area contributed by atoms with E-state index in [-0.39, 0.29) is 0 Å². The van der Waals surface area contributed by atoms with Crippen molar-refractivity contribution in [2.75, 3.05) is 7.11 Å². The predicted octanol–water partition coefficient (Wildman–Crippen LogP) is 6.14. The molecule has 0 radical (unpaired) electrons. The van der Waals surface area contributed by atoms with Crippen molar-refractivity contribution < 1.29 is 4.74 Å². The van der Waals surface area contributed by atoms with Gasteiger partial charge < -0.3 is 4.74 Å². The van der Waals surface area contributed by atoms with E-state index in [0.29, 0.717) is 17.8 Å². The second-order valence-electron chi connectivity index (χ2n) is 7.00. The highest BCUT2D eigenvalue weighted by Gasteiger charge is 2.29. The van der Waals surface area contributed by atoms with Crippen LogP contribution in [0.4, 0.5) is 0 Å². The summed E-state index contributed by atoms with van der Waals surface area (Å²) in [6, 6.07) is 4.64. The number of rotatable bonds is 5. The molecule has 22 heavy (non-hydrogen) atoms. The Balaban J connectivity index is 2.28. The molecule has 3 atom stereocenters. The number of allylic oxidation sites excluding steroid dienone is 3. The van der Waals surface area contributed by atoms with Gasteiger partial charge in [-0.15, -0.1) is 0 Å². The van der Waals surface area contributed by atoms with Crippen molar-refractivity contribution in [3.8, 4) is 5.75 Å². The van der Waals surface area contributed by atoms with Crippen LogP contribution in [-0.4, -0.2) is 7.11 Å². The first-order chi connectivity index (χ1) is 10.4. The molecule has 120 valence electrons. The Kier molecular flexibility index (Phi) is 5.50. The molecule has 0 aromatic heterocycles. The molecule has 0 N–H and O–H groups in total. The highest BCUT2D eigenvalue weighted by Crippen LogP contribution is 2.45. The summed E-state index contributed by atoms with van der Waals surface area (Å²) in [7, 11) is 1.77. The fourth-order valence-corrected chi connectivity index (χ4v) is 3.67. The summed E-state index contributed by atoms with van der Waals surface area (Å²) in [5.74, 6) is 2.99. The van der Waals surface area contributed by atoms with Gasteiger partial charge in [-0.05, 0) is 73.6 Å². The number of aryl methyl sites for hydroxylation is 1. The van der Waals surface area contributed by atoms with E-state index in [4.69, 9.17) is 4.74 Å². The van der Waals surface area contributed by atoms with Crippen LogP contribution in [-0.2, 0) is 0 Å². The van der Waals surface area contributed by atoms with Crippen LogP contribution in [0.1, 0.15) is 68.6 Å². The van der Waals surface area contributed by atoms with E-state index >= 15 is 0 Å². The second kappa shape index (κ2) is 7.17. The molecular formula is C21H30O. The van der Waals surface area contributed by atoms with E-state index in [1.165, 1.54) is 24.0 Å².